The first-order valence-electron chi connectivity index (χ1n) is 10.1. The van der Waals surface area contributed by atoms with Crippen molar-refractivity contribution in [1.82, 2.24) is 0 Å². The van der Waals surface area contributed by atoms with Crippen molar-refractivity contribution in [3.05, 3.63) is 95.2 Å². The molecule has 31 heavy (non-hydrogen) atoms. The fourth-order valence-electron chi connectivity index (χ4n) is 4.60. The summed E-state index contributed by atoms with van der Waals surface area (Å²) in [5.41, 5.74) is 1.44. The van der Waals surface area contributed by atoms with E-state index in [2.05, 4.69) is 0 Å². The summed E-state index contributed by atoms with van der Waals surface area (Å²) in [5, 5.41) is 5.58. The predicted molar refractivity (Wildman–Crippen MR) is 121 cm³/mol. The van der Waals surface area contributed by atoms with Gasteiger partial charge in [0.15, 0.2) is 6.10 Å². The van der Waals surface area contributed by atoms with Crippen molar-refractivity contribution in [2.24, 2.45) is 5.92 Å². The van der Waals surface area contributed by atoms with Crippen LogP contribution in [0, 0.1) is 5.92 Å². The van der Waals surface area contributed by atoms with Gasteiger partial charge in [-0.25, -0.2) is 9.96 Å². The van der Waals surface area contributed by atoms with Crippen LogP contribution in [-0.2, 0) is 14.4 Å². The van der Waals surface area contributed by atoms with Crippen LogP contribution in [0.5, 0.6) is 0 Å². The van der Waals surface area contributed by atoms with Gasteiger partial charge in [0.2, 0.25) is 5.91 Å². The van der Waals surface area contributed by atoms with Crippen molar-refractivity contribution in [2.45, 2.75) is 12.1 Å². The molecule has 2 aliphatic heterocycles. The summed E-state index contributed by atoms with van der Waals surface area (Å²) in [6.07, 6.45) is -0.848. The molecule has 0 saturated carbocycles. The number of amides is 2. The van der Waals surface area contributed by atoms with Crippen LogP contribution in [-0.4, -0.2) is 17.9 Å². The van der Waals surface area contributed by atoms with Crippen LogP contribution in [0.15, 0.2) is 90.3 Å². The van der Waals surface area contributed by atoms with Crippen molar-refractivity contribution >= 4 is 45.3 Å². The summed E-state index contributed by atoms with van der Waals surface area (Å²) in [5.74, 6) is -1.14. The van der Waals surface area contributed by atoms with E-state index in [1.54, 1.807) is 16.4 Å². The zero-order valence-electron chi connectivity index (χ0n) is 16.4. The molecule has 4 aromatic rings. The van der Waals surface area contributed by atoms with Crippen LogP contribution in [0.1, 0.15) is 10.9 Å². The maximum absolute atomic E-state index is 13.7. The van der Waals surface area contributed by atoms with Crippen LogP contribution in [0.4, 0.5) is 11.4 Å². The molecule has 2 amide bonds. The molecular weight excluding hydrogens is 408 g/mol. The monoisotopic (exact) mass is 426 g/mol. The normalized spacial score (nSPS) is 23.0. The Labute approximate surface area is 183 Å². The van der Waals surface area contributed by atoms with Crippen LogP contribution < -0.4 is 9.96 Å². The molecule has 3 unspecified atom stereocenters. The van der Waals surface area contributed by atoms with Gasteiger partial charge in [-0.05, 0) is 35.0 Å². The average molecular weight is 426 g/mol. The fourth-order valence-corrected chi connectivity index (χ4v) is 5.46. The summed E-state index contributed by atoms with van der Waals surface area (Å²) < 4.78 is 0. The molecule has 6 rings (SSSR count). The Morgan fingerprint density at radius 2 is 1.55 bits per heavy atom. The number of rotatable bonds is 3. The van der Waals surface area contributed by atoms with Gasteiger partial charge in [0, 0.05) is 10.3 Å². The minimum atomic E-state index is -0.848. The van der Waals surface area contributed by atoms with Gasteiger partial charge in [0.1, 0.15) is 12.0 Å². The third-order valence-corrected chi connectivity index (χ3v) is 6.91. The second kappa shape index (κ2) is 7.04. The van der Waals surface area contributed by atoms with Crippen molar-refractivity contribution < 1.29 is 14.4 Å². The summed E-state index contributed by atoms with van der Waals surface area (Å²) in [6.45, 7) is 0. The highest BCUT2D eigenvalue weighted by molar-refractivity contribution is 7.10. The van der Waals surface area contributed by atoms with Gasteiger partial charge in [-0.15, -0.1) is 11.3 Å². The molecule has 3 heterocycles. The van der Waals surface area contributed by atoms with E-state index in [-0.39, 0.29) is 17.9 Å². The molecule has 5 nitrogen and oxygen atoms in total. The van der Waals surface area contributed by atoms with Gasteiger partial charge in [-0.3, -0.25) is 14.4 Å². The van der Waals surface area contributed by atoms with Crippen molar-refractivity contribution in [1.29, 1.82) is 0 Å². The minimum absolute atomic E-state index is 0.219. The Kier molecular flexibility index (Phi) is 4.16. The zero-order valence-corrected chi connectivity index (χ0v) is 17.2. The van der Waals surface area contributed by atoms with Gasteiger partial charge >= 0.3 is 0 Å². The fraction of sp³-hybridized carbons (Fsp3) is 0.120. The van der Waals surface area contributed by atoms with Gasteiger partial charge in [-0.2, -0.15) is 0 Å². The highest BCUT2D eigenvalue weighted by Crippen LogP contribution is 2.49. The lowest BCUT2D eigenvalue weighted by Crippen LogP contribution is -2.37. The lowest BCUT2D eigenvalue weighted by atomic mass is 9.95. The number of hydrogen-bond donors (Lipinski definition) is 0. The Morgan fingerprint density at radius 1 is 0.774 bits per heavy atom. The lowest BCUT2D eigenvalue weighted by molar-refractivity contribution is -0.126. The molecular formula is C25H18N2O3S. The van der Waals surface area contributed by atoms with Gasteiger partial charge in [-0.1, -0.05) is 60.7 Å². The van der Waals surface area contributed by atoms with Crippen LogP contribution in [0.2, 0.25) is 0 Å². The topological polar surface area (TPSA) is 49.9 Å². The van der Waals surface area contributed by atoms with Crippen LogP contribution in [0.3, 0.4) is 0 Å². The molecule has 0 radical (unpaired) electrons. The number of hydroxylamine groups is 1. The maximum atomic E-state index is 13.7. The number of nitrogens with zero attached hydrogens (tertiary/aromatic N) is 2. The number of thiophene rings is 1. The second-order valence-corrected chi connectivity index (χ2v) is 8.66. The summed E-state index contributed by atoms with van der Waals surface area (Å²) in [4.78, 5) is 35.7. The van der Waals surface area contributed by atoms with E-state index in [0.717, 1.165) is 21.3 Å². The predicted octanol–water partition coefficient (Wildman–Crippen LogP) is 4.95. The second-order valence-electron chi connectivity index (χ2n) is 7.68. The number of anilines is 2. The SMILES string of the molecule is O=C1C2ON(c3ccccc3)C(c3cccs3)C2C(=O)N1c1cccc2ccccc12. The van der Waals surface area contributed by atoms with E-state index in [4.69, 9.17) is 4.84 Å². The molecule has 152 valence electrons. The summed E-state index contributed by atoms with van der Waals surface area (Å²) in [7, 11) is 0. The number of carbonyl (C=O) groups is 2. The van der Waals surface area contributed by atoms with E-state index in [9.17, 15) is 9.59 Å². The molecule has 2 aliphatic rings. The van der Waals surface area contributed by atoms with Crippen LogP contribution >= 0.6 is 11.3 Å². The molecule has 1 aromatic heterocycles. The maximum Gasteiger partial charge on any atom is 0.266 e. The van der Waals surface area contributed by atoms with E-state index < -0.39 is 12.0 Å². The molecule has 0 spiro atoms. The molecule has 2 saturated heterocycles. The van der Waals surface area contributed by atoms with Gasteiger partial charge < -0.3 is 0 Å². The number of imide groups is 1. The third-order valence-electron chi connectivity index (χ3n) is 5.97. The number of para-hydroxylation sites is 1. The average Bonchev–Trinajstić information content (AvgIpc) is 3.52. The number of benzene rings is 3. The van der Waals surface area contributed by atoms with Crippen molar-refractivity contribution in [2.75, 3.05) is 9.96 Å². The minimum Gasteiger partial charge on any atom is -0.273 e. The molecule has 6 heteroatoms. The Balaban J connectivity index is 1.46. The molecule has 0 N–H and O–H groups in total. The van der Waals surface area contributed by atoms with E-state index >= 15 is 0 Å². The first-order chi connectivity index (χ1) is 15.2. The smallest absolute Gasteiger partial charge is 0.266 e. The molecule has 2 fully saturated rings. The molecule has 0 bridgehead atoms. The van der Waals surface area contributed by atoms with Crippen molar-refractivity contribution in [3.8, 4) is 0 Å². The quantitative estimate of drug-likeness (QED) is 0.435. The van der Waals surface area contributed by atoms with E-state index in [0.29, 0.717) is 5.69 Å². The first kappa shape index (κ1) is 18.3. The Bertz CT molecular complexity index is 1280. The zero-order chi connectivity index (χ0) is 20.9. The molecule has 3 atom stereocenters. The molecule has 0 aliphatic carbocycles. The standard InChI is InChI=1S/C25H18N2O3S/c28-24-21-22(20-14-7-15-31-20)27(17-10-2-1-3-11-17)30-23(21)25(29)26(24)19-13-6-9-16-8-4-5-12-18(16)19/h1-15,21-23H. The van der Waals surface area contributed by atoms with Gasteiger partial charge in [0.05, 0.1) is 11.4 Å². The van der Waals surface area contributed by atoms with Crippen molar-refractivity contribution in [3.63, 3.8) is 0 Å². The highest BCUT2D eigenvalue weighted by atomic mass is 32.1. The number of fused-ring (bicyclic) bond motifs is 2. The van der Waals surface area contributed by atoms with Gasteiger partial charge in [0.25, 0.3) is 5.91 Å². The number of carbonyl (C=O) groups excluding carboxylic acids is 2. The van der Waals surface area contributed by atoms with E-state index in [1.165, 1.54) is 4.90 Å². The summed E-state index contributed by atoms with van der Waals surface area (Å²) >= 11 is 1.57. The Morgan fingerprint density at radius 3 is 2.35 bits per heavy atom. The van der Waals surface area contributed by atoms with Crippen LogP contribution in [0.25, 0.3) is 10.8 Å². The largest absolute Gasteiger partial charge is 0.273 e. The first-order valence-corrected chi connectivity index (χ1v) is 11.0. The summed E-state index contributed by atoms with van der Waals surface area (Å²) in [6, 6.07) is 26.7. The lowest BCUT2D eigenvalue weighted by Gasteiger charge is -2.28. The third kappa shape index (κ3) is 2.72. The Hall–Kier alpha value is -3.48. The number of hydrogen-bond acceptors (Lipinski definition) is 5. The molecule has 3 aromatic carbocycles. The highest BCUT2D eigenvalue weighted by Gasteiger charge is 2.60. The van der Waals surface area contributed by atoms with E-state index in [1.807, 2.05) is 90.3 Å².